The molecule has 132 valence electrons. The highest BCUT2D eigenvalue weighted by atomic mass is 35.5. The number of hydrogen-bond donors (Lipinski definition) is 1. The molecule has 6 nitrogen and oxygen atoms in total. The number of ether oxygens (including phenoxy) is 2. The molecule has 0 aliphatic carbocycles. The largest absolute Gasteiger partial charge is 0.493 e. The number of rotatable bonds is 5. The van der Waals surface area contributed by atoms with Gasteiger partial charge in [-0.15, -0.1) is 0 Å². The van der Waals surface area contributed by atoms with Gasteiger partial charge in [-0.2, -0.15) is 0 Å². The maximum Gasteiger partial charge on any atom is 0.308 e. The van der Waals surface area contributed by atoms with Gasteiger partial charge >= 0.3 is 5.97 Å². The summed E-state index contributed by atoms with van der Waals surface area (Å²) in [6.07, 6.45) is 1.17. The number of halogens is 1. The molecule has 0 bridgehead atoms. The van der Waals surface area contributed by atoms with Gasteiger partial charge in [0.25, 0.3) is 5.91 Å². The second kappa shape index (κ2) is 7.75. The predicted molar refractivity (Wildman–Crippen MR) is 90.0 cm³/mol. The van der Waals surface area contributed by atoms with Gasteiger partial charge in [-0.05, 0) is 38.8 Å². The molecular formula is C17H22ClNO5. The van der Waals surface area contributed by atoms with Crippen LogP contribution in [-0.4, -0.2) is 48.2 Å². The van der Waals surface area contributed by atoms with Gasteiger partial charge in [0, 0.05) is 18.7 Å². The summed E-state index contributed by atoms with van der Waals surface area (Å²) in [5, 5.41) is 9.45. The van der Waals surface area contributed by atoms with Crippen LogP contribution in [0.3, 0.4) is 0 Å². The molecule has 24 heavy (non-hydrogen) atoms. The van der Waals surface area contributed by atoms with E-state index < -0.39 is 11.9 Å². The van der Waals surface area contributed by atoms with Gasteiger partial charge in [0.2, 0.25) is 0 Å². The van der Waals surface area contributed by atoms with Gasteiger partial charge in [-0.25, -0.2) is 0 Å². The highest BCUT2D eigenvalue weighted by Gasteiger charge is 2.29. The fourth-order valence-corrected chi connectivity index (χ4v) is 2.99. The van der Waals surface area contributed by atoms with Crippen LogP contribution in [0.2, 0.25) is 5.02 Å². The number of likely N-dealkylation sites (tertiary alicyclic amines) is 1. The molecule has 1 fully saturated rings. The molecular weight excluding hydrogens is 334 g/mol. The van der Waals surface area contributed by atoms with E-state index in [0.29, 0.717) is 36.4 Å². The molecule has 0 aromatic heterocycles. The Hall–Kier alpha value is -1.95. The molecule has 1 aromatic carbocycles. The van der Waals surface area contributed by atoms with Crippen molar-refractivity contribution in [3.63, 3.8) is 0 Å². The maximum atomic E-state index is 12.7. The minimum atomic E-state index is -0.871. The molecule has 7 heteroatoms. The standard InChI is InChI=1S/C17H22ClNO5/c1-10(2)24-15-13(18)7-12(8-14(15)23-3)16(20)19-6-4-5-11(9-19)17(21)22/h7-8,10-11H,4-6,9H2,1-3H3,(H,21,22). The monoisotopic (exact) mass is 355 g/mol. The van der Waals surface area contributed by atoms with E-state index >= 15 is 0 Å². The number of carbonyl (C=O) groups excluding carboxylic acids is 1. The number of nitrogens with zero attached hydrogens (tertiary/aromatic N) is 1. The van der Waals surface area contributed by atoms with Crippen LogP contribution in [0.15, 0.2) is 12.1 Å². The zero-order valence-electron chi connectivity index (χ0n) is 14.0. The van der Waals surface area contributed by atoms with Crippen LogP contribution in [0.1, 0.15) is 37.0 Å². The molecule has 1 amide bonds. The summed E-state index contributed by atoms with van der Waals surface area (Å²) in [5.41, 5.74) is 0.360. The second-order valence-corrected chi connectivity index (χ2v) is 6.49. The van der Waals surface area contributed by atoms with Gasteiger partial charge < -0.3 is 19.5 Å². The van der Waals surface area contributed by atoms with Gasteiger partial charge in [-0.3, -0.25) is 9.59 Å². The van der Waals surface area contributed by atoms with E-state index in [4.69, 9.17) is 26.2 Å². The van der Waals surface area contributed by atoms with E-state index in [2.05, 4.69) is 0 Å². The molecule has 1 aliphatic rings. The van der Waals surface area contributed by atoms with E-state index in [1.807, 2.05) is 13.8 Å². The first-order valence-electron chi connectivity index (χ1n) is 7.89. The number of methoxy groups -OCH3 is 1. The number of benzene rings is 1. The zero-order chi connectivity index (χ0) is 17.9. The van der Waals surface area contributed by atoms with Crippen molar-refractivity contribution < 1.29 is 24.2 Å². The summed E-state index contributed by atoms with van der Waals surface area (Å²) in [7, 11) is 1.48. The molecule has 2 rings (SSSR count). The van der Waals surface area contributed by atoms with Gasteiger partial charge in [0.1, 0.15) is 0 Å². The smallest absolute Gasteiger partial charge is 0.308 e. The number of amides is 1. The lowest BCUT2D eigenvalue weighted by Gasteiger charge is -2.31. The van der Waals surface area contributed by atoms with E-state index in [-0.39, 0.29) is 23.6 Å². The highest BCUT2D eigenvalue weighted by molar-refractivity contribution is 6.32. The minimum Gasteiger partial charge on any atom is -0.493 e. The van der Waals surface area contributed by atoms with Crippen molar-refractivity contribution >= 4 is 23.5 Å². The van der Waals surface area contributed by atoms with Crippen LogP contribution in [-0.2, 0) is 4.79 Å². The van der Waals surface area contributed by atoms with Crippen molar-refractivity contribution in [1.29, 1.82) is 0 Å². The Morgan fingerprint density at radius 2 is 2.08 bits per heavy atom. The average Bonchev–Trinajstić information content (AvgIpc) is 2.55. The van der Waals surface area contributed by atoms with E-state index in [9.17, 15) is 9.59 Å². The molecule has 1 aromatic rings. The lowest BCUT2D eigenvalue weighted by Crippen LogP contribution is -2.42. The Bertz CT molecular complexity index is 632. The molecule has 1 unspecified atom stereocenters. The van der Waals surface area contributed by atoms with Crippen molar-refractivity contribution in [2.75, 3.05) is 20.2 Å². The summed E-state index contributed by atoms with van der Waals surface area (Å²) < 4.78 is 10.9. The van der Waals surface area contributed by atoms with Gasteiger partial charge in [0.05, 0.1) is 24.2 Å². The summed E-state index contributed by atoms with van der Waals surface area (Å²) in [4.78, 5) is 25.4. The Morgan fingerprint density at radius 1 is 1.38 bits per heavy atom. The SMILES string of the molecule is COc1cc(C(=O)N2CCCC(C(=O)O)C2)cc(Cl)c1OC(C)C. The molecule has 0 radical (unpaired) electrons. The number of hydrogen-bond acceptors (Lipinski definition) is 4. The summed E-state index contributed by atoms with van der Waals surface area (Å²) in [5.74, 6) is -0.872. The minimum absolute atomic E-state index is 0.0867. The Labute approximate surface area is 146 Å². The van der Waals surface area contributed by atoms with E-state index in [0.717, 1.165) is 0 Å². The fraction of sp³-hybridized carbons (Fsp3) is 0.529. The topological polar surface area (TPSA) is 76.1 Å². The van der Waals surface area contributed by atoms with E-state index in [1.165, 1.54) is 13.2 Å². The third-order valence-electron chi connectivity index (χ3n) is 3.89. The summed E-state index contributed by atoms with van der Waals surface area (Å²) >= 11 is 6.25. The number of carboxylic acids is 1. The lowest BCUT2D eigenvalue weighted by molar-refractivity contribution is -0.143. The summed E-state index contributed by atoms with van der Waals surface area (Å²) in [6, 6.07) is 3.12. The van der Waals surface area contributed by atoms with Crippen LogP contribution in [0.25, 0.3) is 0 Å². The molecule has 0 spiro atoms. The van der Waals surface area contributed by atoms with Crippen molar-refractivity contribution in [1.82, 2.24) is 4.90 Å². The normalized spacial score (nSPS) is 17.7. The Kier molecular flexibility index (Phi) is 5.94. The Balaban J connectivity index is 2.26. The van der Waals surface area contributed by atoms with Crippen molar-refractivity contribution in [3.8, 4) is 11.5 Å². The van der Waals surface area contributed by atoms with Crippen LogP contribution in [0.4, 0.5) is 0 Å². The van der Waals surface area contributed by atoms with E-state index in [1.54, 1.807) is 11.0 Å². The van der Waals surface area contributed by atoms with Crippen LogP contribution in [0.5, 0.6) is 11.5 Å². The van der Waals surface area contributed by atoms with Crippen molar-refractivity contribution in [2.45, 2.75) is 32.8 Å². The first-order chi connectivity index (χ1) is 11.3. The molecule has 0 saturated carbocycles. The number of aliphatic carboxylic acids is 1. The fourth-order valence-electron chi connectivity index (χ4n) is 2.74. The van der Waals surface area contributed by atoms with Crippen LogP contribution >= 0.6 is 11.6 Å². The first kappa shape index (κ1) is 18.4. The molecule has 1 N–H and O–H groups in total. The van der Waals surface area contributed by atoms with Crippen molar-refractivity contribution in [2.24, 2.45) is 5.92 Å². The number of piperidine rings is 1. The first-order valence-corrected chi connectivity index (χ1v) is 8.27. The van der Waals surface area contributed by atoms with Crippen LogP contribution < -0.4 is 9.47 Å². The van der Waals surface area contributed by atoms with Gasteiger partial charge in [0.15, 0.2) is 11.5 Å². The second-order valence-electron chi connectivity index (χ2n) is 6.08. The molecule has 1 atom stereocenters. The van der Waals surface area contributed by atoms with Crippen molar-refractivity contribution in [3.05, 3.63) is 22.7 Å². The number of carbonyl (C=O) groups is 2. The zero-order valence-corrected chi connectivity index (χ0v) is 14.8. The molecule has 1 heterocycles. The molecule has 1 aliphatic heterocycles. The molecule has 1 saturated heterocycles. The third-order valence-corrected chi connectivity index (χ3v) is 4.17. The van der Waals surface area contributed by atoms with Gasteiger partial charge in [-0.1, -0.05) is 11.6 Å². The Morgan fingerprint density at radius 3 is 2.67 bits per heavy atom. The third kappa shape index (κ3) is 4.12. The predicted octanol–water partition coefficient (Wildman–Crippen LogP) is 3.07. The maximum absolute atomic E-state index is 12.7. The lowest BCUT2D eigenvalue weighted by atomic mass is 9.97. The average molecular weight is 356 g/mol. The summed E-state index contributed by atoms with van der Waals surface area (Å²) in [6.45, 7) is 4.48. The quantitative estimate of drug-likeness (QED) is 0.878. The number of carboxylic acid groups (broad SMARTS) is 1. The highest BCUT2D eigenvalue weighted by Crippen LogP contribution is 2.37. The van der Waals surface area contributed by atoms with Crippen LogP contribution in [0, 0.1) is 5.92 Å².